The molecule has 1 aromatic heterocycles. The molecule has 2 rings (SSSR count). The molecule has 0 saturated heterocycles. The van der Waals surface area contributed by atoms with Crippen LogP contribution in [0.25, 0.3) is 0 Å². The second kappa shape index (κ2) is 6.20. The van der Waals surface area contributed by atoms with Crippen molar-refractivity contribution in [1.82, 2.24) is 15.1 Å². The lowest BCUT2D eigenvalue weighted by Gasteiger charge is -2.28. The van der Waals surface area contributed by atoms with E-state index in [0.717, 1.165) is 24.9 Å². The van der Waals surface area contributed by atoms with Crippen LogP contribution >= 0.6 is 0 Å². The highest BCUT2D eigenvalue weighted by Crippen LogP contribution is 2.26. The van der Waals surface area contributed by atoms with Crippen molar-refractivity contribution in [3.63, 3.8) is 0 Å². The van der Waals surface area contributed by atoms with Gasteiger partial charge in [0, 0.05) is 19.3 Å². The number of aromatic nitrogens is 2. The summed E-state index contributed by atoms with van der Waals surface area (Å²) in [6.45, 7) is 3.41. The minimum absolute atomic E-state index is 0.759. The van der Waals surface area contributed by atoms with Crippen LogP contribution in [0.2, 0.25) is 0 Å². The molecule has 17 heavy (non-hydrogen) atoms. The zero-order valence-electron chi connectivity index (χ0n) is 11.2. The molecular weight excluding hydrogens is 210 g/mol. The summed E-state index contributed by atoms with van der Waals surface area (Å²) in [5, 5.41) is 7.88. The van der Waals surface area contributed by atoms with Crippen LogP contribution in [0, 0.1) is 5.92 Å². The Morgan fingerprint density at radius 3 is 2.71 bits per heavy atom. The van der Waals surface area contributed by atoms with Gasteiger partial charge in [0.1, 0.15) is 0 Å². The van der Waals surface area contributed by atoms with Gasteiger partial charge in [0.2, 0.25) is 0 Å². The molecule has 1 aliphatic rings. The molecule has 1 heterocycles. The van der Waals surface area contributed by atoms with Gasteiger partial charge in [-0.05, 0) is 50.1 Å². The average Bonchev–Trinajstić information content (AvgIpc) is 2.76. The van der Waals surface area contributed by atoms with Crippen molar-refractivity contribution in [2.75, 3.05) is 6.54 Å². The molecule has 0 unspecified atom stereocenters. The van der Waals surface area contributed by atoms with Crippen molar-refractivity contribution >= 4 is 0 Å². The first kappa shape index (κ1) is 12.6. The zero-order valence-corrected chi connectivity index (χ0v) is 11.2. The van der Waals surface area contributed by atoms with E-state index in [1.165, 1.54) is 37.7 Å². The molecule has 3 heteroatoms. The van der Waals surface area contributed by atoms with Crippen molar-refractivity contribution in [2.24, 2.45) is 13.0 Å². The minimum atomic E-state index is 0.759. The highest BCUT2D eigenvalue weighted by atomic mass is 15.2. The summed E-state index contributed by atoms with van der Waals surface area (Å²) < 4.78 is 1.88. The fourth-order valence-corrected chi connectivity index (χ4v) is 2.80. The normalized spacial score (nSPS) is 25.1. The number of aryl methyl sites for hydroxylation is 1. The topological polar surface area (TPSA) is 29.9 Å². The van der Waals surface area contributed by atoms with Crippen LogP contribution in [0.1, 0.15) is 44.6 Å². The molecule has 0 aliphatic heterocycles. The van der Waals surface area contributed by atoms with E-state index in [-0.39, 0.29) is 0 Å². The van der Waals surface area contributed by atoms with E-state index < -0.39 is 0 Å². The van der Waals surface area contributed by atoms with Crippen LogP contribution in [0.15, 0.2) is 12.4 Å². The van der Waals surface area contributed by atoms with Crippen LogP contribution < -0.4 is 5.32 Å². The van der Waals surface area contributed by atoms with Crippen LogP contribution in [0.3, 0.4) is 0 Å². The molecule has 0 amide bonds. The smallest absolute Gasteiger partial charge is 0.0522 e. The van der Waals surface area contributed by atoms with E-state index in [4.69, 9.17) is 0 Å². The maximum absolute atomic E-state index is 4.19. The third-order valence-electron chi connectivity index (χ3n) is 4.03. The maximum Gasteiger partial charge on any atom is 0.0522 e. The van der Waals surface area contributed by atoms with Gasteiger partial charge in [-0.1, -0.05) is 13.3 Å². The van der Waals surface area contributed by atoms with Crippen molar-refractivity contribution in [2.45, 2.75) is 51.5 Å². The Hall–Kier alpha value is -0.830. The second-order valence-corrected chi connectivity index (χ2v) is 5.35. The van der Waals surface area contributed by atoms with Crippen molar-refractivity contribution < 1.29 is 0 Å². The van der Waals surface area contributed by atoms with E-state index >= 15 is 0 Å². The van der Waals surface area contributed by atoms with Gasteiger partial charge in [-0.25, -0.2) is 0 Å². The zero-order chi connectivity index (χ0) is 12.1. The summed E-state index contributed by atoms with van der Waals surface area (Å²) in [5.41, 5.74) is 1.34. The number of nitrogens with one attached hydrogen (secondary N) is 1. The molecule has 1 aromatic rings. The SMILES string of the molecule is CCC1CCC(NCCc2cnn(C)c2)CC1. The molecule has 0 radical (unpaired) electrons. The predicted octanol–water partition coefficient (Wildman–Crippen LogP) is 2.52. The molecule has 0 aromatic carbocycles. The molecule has 1 saturated carbocycles. The predicted molar refractivity (Wildman–Crippen MR) is 71.0 cm³/mol. The first-order chi connectivity index (χ1) is 8.28. The molecular formula is C14H25N3. The number of nitrogens with zero attached hydrogens (tertiary/aromatic N) is 2. The highest BCUT2D eigenvalue weighted by molar-refractivity contribution is 5.03. The number of hydrogen-bond donors (Lipinski definition) is 1. The van der Waals surface area contributed by atoms with Crippen molar-refractivity contribution in [3.05, 3.63) is 18.0 Å². The molecule has 3 nitrogen and oxygen atoms in total. The van der Waals surface area contributed by atoms with Crippen molar-refractivity contribution in [3.8, 4) is 0 Å². The lowest BCUT2D eigenvalue weighted by Crippen LogP contribution is -2.34. The lowest BCUT2D eigenvalue weighted by molar-refractivity contribution is 0.287. The fraction of sp³-hybridized carbons (Fsp3) is 0.786. The molecule has 0 spiro atoms. The van der Waals surface area contributed by atoms with Gasteiger partial charge in [-0.15, -0.1) is 0 Å². The Labute approximate surface area is 105 Å². The van der Waals surface area contributed by atoms with Crippen LogP contribution in [0.5, 0.6) is 0 Å². The summed E-state index contributed by atoms with van der Waals surface area (Å²) in [6.07, 6.45) is 12.1. The van der Waals surface area contributed by atoms with Crippen LogP contribution in [-0.2, 0) is 13.5 Å². The van der Waals surface area contributed by atoms with Gasteiger partial charge in [-0.2, -0.15) is 5.10 Å². The molecule has 96 valence electrons. The molecule has 1 fully saturated rings. The molecule has 1 aliphatic carbocycles. The Kier molecular flexibility index (Phi) is 4.60. The lowest BCUT2D eigenvalue weighted by atomic mass is 9.84. The first-order valence-electron chi connectivity index (χ1n) is 6.99. The number of hydrogen-bond acceptors (Lipinski definition) is 2. The fourth-order valence-electron chi connectivity index (χ4n) is 2.80. The second-order valence-electron chi connectivity index (χ2n) is 5.35. The molecule has 0 atom stereocenters. The summed E-state index contributed by atoms with van der Waals surface area (Å²) in [5.74, 6) is 0.992. The van der Waals surface area contributed by atoms with E-state index in [1.807, 2.05) is 17.9 Å². The first-order valence-corrected chi connectivity index (χ1v) is 6.99. The van der Waals surface area contributed by atoms with Crippen LogP contribution in [0.4, 0.5) is 0 Å². The van der Waals surface area contributed by atoms with E-state index in [2.05, 4.69) is 23.5 Å². The van der Waals surface area contributed by atoms with Gasteiger partial charge >= 0.3 is 0 Å². The Morgan fingerprint density at radius 2 is 2.12 bits per heavy atom. The van der Waals surface area contributed by atoms with Crippen LogP contribution in [-0.4, -0.2) is 22.4 Å². The van der Waals surface area contributed by atoms with Gasteiger partial charge in [-0.3, -0.25) is 4.68 Å². The summed E-state index contributed by atoms with van der Waals surface area (Å²) >= 11 is 0. The third-order valence-corrected chi connectivity index (χ3v) is 4.03. The van der Waals surface area contributed by atoms with Crippen molar-refractivity contribution in [1.29, 1.82) is 0 Å². The van der Waals surface area contributed by atoms with Gasteiger partial charge in [0.15, 0.2) is 0 Å². The average molecular weight is 235 g/mol. The Balaban J connectivity index is 1.63. The third kappa shape index (κ3) is 3.84. The summed E-state index contributed by atoms with van der Waals surface area (Å²) in [4.78, 5) is 0. The summed E-state index contributed by atoms with van der Waals surface area (Å²) in [7, 11) is 1.98. The monoisotopic (exact) mass is 235 g/mol. The van der Waals surface area contributed by atoms with Gasteiger partial charge in [0.25, 0.3) is 0 Å². The molecule has 1 N–H and O–H groups in total. The van der Waals surface area contributed by atoms with Gasteiger partial charge in [0.05, 0.1) is 6.20 Å². The Morgan fingerprint density at radius 1 is 1.35 bits per heavy atom. The highest BCUT2D eigenvalue weighted by Gasteiger charge is 2.18. The Bertz CT molecular complexity index is 324. The largest absolute Gasteiger partial charge is 0.314 e. The molecule has 0 bridgehead atoms. The summed E-state index contributed by atoms with van der Waals surface area (Å²) in [6, 6.07) is 0.759. The standard InChI is InChI=1S/C14H25N3/c1-3-12-4-6-14(7-5-12)15-9-8-13-10-16-17(2)11-13/h10-12,14-15H,3-9H2,1-2H3. The maximum atomic E-state index is 4.19. The minimum Gasteiger partial charge on any atom is -0.314 e. The number of rotatable bonds is 5. The quantitative estimate of drug-likeness (QED) is 0.850. The van der Waals surface area contributed by atoms with E-state index in [0.29, 0.717) is 0 Å². The van der Waals surface area contributed by atoms with E-state index in [1.54, 1.807) is 0 Å². The van der Waals surface area contributed by atoms with Gasteiger partial charge < -0.3 is 5.32 Å². The van der Waals surface area contributed by atoms with E-state index in [9.17, 15) is 0 Å².